The Balaban J connectivity index is 1.91. The van der Waals surface area contributed by atoms with E-state index in [0.29, 0.717) is 29.2 Å². The van der Waals surface area contributed by atoms with Crippen LogP contribution in [0.1, 0.15) is 33.2 Å². The van der Waals surface area contributed by atoms with Crippen LogP contribution in [-0.2, 0) is 20.7 Å². The molecule has 1 N–H and O–H groups in total. The van der Waals surface area contributed by atoms with Gasteiger partial charge in [-0.25, -0.2) is 4.79 Å². The number of carbonyl (C=O) groups is 3. The zero-order chi connectivity index (χ0) is 21.1. The van der Waals surface area contributed by atoms with Gasteiger partial charge in [0.25, 0.3) is 0 Å². The summed E-state index contributed by atoms with van der Waals surface area (Å²) < 4.78 is 10.1. The molecule has 0 bridgehead atoms. The first-order valence-electron chi connectivity index (χ1n) is 9.31. The van der Waals surface area contributed by atoms with Crippen molar-refractivity contribution in [1.82, 2.24) is 5.32 Å². The van der Waals surface area contributed by atoms with Crippen LogP contribution in [0.3, 0.4) is 0 Å². The van der Waals surface area contributed by atoms with Gasteiger partial charge < -0.3 is 14.8 Å². The summed E-state index contributed by atoms with van der Waals surface area (Å²) in [5.74, 6) is -0.840. The number of amides is 1. The maximum Gasteiger partial charge on any atom is 0.339 e. The average Bonchev–Trinajstić information content (AvgIpc) is 2.76. The second kappa shape index (κ2) is 12.0. The molecule has 0 spiro atoms. The van der Waals surface area contributed by atoms with Gasteiger partial charge in [-0.1, -0.05) is 43.3 Å². The number of aryl methyl sites for hydroxylation is 1. The molecule has 1 amide bonds. The van der Waals surface area contributed by atoms with E-state index in [1.165, 1.54) is 11.8 Å². The number of esters is 1. The summed E-state index contributed by atoms with van der Waals surface area (Å²) in [5.41, 5.74) is 1.97. The molecule has 0 radical (unpaired) electrons. The number of thioether (sulfide) groups is 1. The molecule has 0 aliphatic heterocycles. The van der Waals surface area contributed by atoms with Gasteiger partial charge in [0.15, 0.2) is 12.4 Å². The summed E-state index contributed by atoms with van der Waals surface area (Å²) in [6.07, 6.45) is 0.891. The highest BCUT2D eigenvalue weighted by atomic mass is 32.2. The van der Waals surface area contributed by atoms with Crippen molar-refractivity contribution in [2.24, 2.45) is 0 Å². The van der Waals surface area contributed by atoms with E-state index in [4.69, 9.17) is 9.47 Å². The predicted octanol–water partition coefficient (Wildman–Crippen LogP) is 3.14. The van der Waals surface area contributed by atoms with E-state index in [1.54, 1.807) is 43.5 Å². The van der Waals surface area contributed by atoms with Crippen molar-refractivity contribution >= 4 is 29.4 Å². The van der Waals surface area contributed by atoms with Crippen molar-refractivity contribution in [3.8, 4) is 0 Å². The molecule has 0 aliphatic carbocycles. The van der Waals surface area contributed by atoms with Crippen LogP contribution in [0.5, 0.6) is 0 Å². The lowest BCUT2D eigenvalue weighted by Crippen LogP contribution is -2.28. The van der Waals surface area contributed by atoms with Gasteiger partial charge in [-0.15, -0.1) is 11.8 Å². The molecule has 7 heteroatoms. The number of ether oxygens (including phenoxy) is 2. The van der Waals surface area contributed by atoms with Crippen LogP contribution < -0.4 is 5.32 Å². The molecule has 6 nitrogen and oxygen atoms in total. The SMILES string of the molecule is CCc1ccc(C(=O)COC(=O)c2ccccc2SCC(=O)NCCOC)cc1. The number of nitrogens with one attached hydrogen (secondary N) is 1. The Bertz CT molecular complexity index is 835. The van der Waals surface area contributed by atoms with Crippen LogP contribution in [0.4, 0.5) is 0 Å². The van der Waals surface area contributed by atoms with Crippen LogP contribution in [0, 0.1) is 0 Å². The number of Topliss-reactive ketones (excluding diaryl/α,β-unsaturated/α-hetero) is 1. The summed E-state index contributed by atoms with van der Waals surface area (Å²) in [7, 11) is 1.56. The summed E-state index contributed by atoms with van der Waals surface area (Å²) in [5, 5.41) is 2.72. The smallest absolute Gasteiger partial charge is 0.339 e. The van der Waals surface area contributed by atoms with E-state index in [0.717, 1.165) is 12.0 Å². The van der Waals surface area contributed by atoms with Gasteiger partial charge in [-0.2, -0.15) is 0 Å². The molecule has 0 aliphatic rings. The number of benzene rings is 2. The molecular weight excluding hydrogens is 390 g/mol. The molecule has 154 valence electrons. The highest BCUT2D eigenvalue weighted by Crippen LogP contribution is 2.23. The summed E-state index contributed by atoms with van der Waals surface area (Å²) >= 11 is 1.24. The third-order valence-electron chi connectivity index (χ3n) is 4.11. The highest BCUT2D eigenvalue weighted by Gasteiger charge is 2.16. The molecule has 0 aromatic heterocycles. The summed E-state index contributed by atoms with van der Waals surface area (Å²) in [4.78, 5) is 37.2. The lowest BCUT2D eigenvalue weighted by molar-refractivity contribution is -0.118. The van der Waals surface area contributed by atoms with E-state index in [-0.39, 0.29) is 24.1 Å². The Labute approximate surface area is 175 Å². The highest BCUT2D eigenvalue weighted by molar-refractivity contribution is 8.00. The zero-order valence-electron chi connectivity index (χ0n) is 16.6. The summed E-state index contributed by atoms with van der Waals surface area (Å²) in [6.45, 7) is 2.58. The van der Waals surface area contributed by atoms with Gasteiger partial charge in [0.1, 0.15) is 0 Å². The van der Waals surface area contributed by atoms with E-state index in [9.17, 15) is 14.4 Å². The second-order valence-electron chi connectivity index (χ2n) is 6.18. The minimum absolute atomic E-state index is 0.152. The van der Waals surface area contributed by atoms with Crippen molar-refractivity contribution in [2.45, 2.75) is 18.2 Å². The number of carbonyl (C=O) groups excluding carboxylic acids is 3. The Hall–Kier alpha value is -2.64. The number of methoxy groups -OCH3 is 1. The first-order chi connectivity index (χ1) is 14.0. The van der Waals surface area contributed by atoms with E-state index < -0.39 is 5.97 Å². The molecule has 2 rings (SSSR count). The Morgan fingerprint density at radius 3 is 2.45 bits per heavy atom. The minimum atomic E-state index is -0.591. The maximum atomic E-state index is 12.5. The predicted molar refractivity (Wildman–Crippen MR) is 112 cm³/mol. The lowest BCUT2D eigenvalue weighted by atomic mass is 10.1. The molecule has 0 atom stereocenters. The van der Waals surface area contributed by atoms with Crippen molar-refractivity contribution in [1.29, 1.82) is 0 Å². The van der Waals surface area contributed by atoms with Crippen molar-refractivity contribution in [3.05, 3.63) is 65.2 Å². The third-order valence-corrected chi connectivity index (χ3v) is 5.19. The van der Waals surface area contributed by atoms with Gasteiger partial charge in [0, 0.05) is 24.1 Å². The van der Waals surface area contributed by atoms with Gasteiger partial charge in [0.05, 0.1) is 17.9 Å². The quantitative estimate of drug-likeness (QED) is 0.263. The van der Waals surface area contributed by atoms with E-state index in [1.807, 2.05) is 19.1 Å². The van der Waals surface area contributed by atoms with Crippen LogP contribution in [-0.4, -0.2) is 50.3 Å². The molecule has 29 heavy (non-hydrogen) atoms. The third kappa shape index (κ3) is 7.36. The lowest BCUT2D eigenvalue weighted by Gasteiger charge is -2.09. The monoisotopic (exact) mass is 415 g/mol. The molecule has 0 heterocycles. The number of hydrogen-bond donors (Lipinski definition) is 1. The van der Waals surface area contributed by atoms with Crippen LogP contribution in [0.25, 0.3) is 0 Å². The molecule has 0 fully saturated rings. The summed E-state index contributed by atoms with van der Waals surface area (Å²) in [6, 6.07) is 14.1. The van der Waals surface area contributed by atoms with Crippen molar-refractivity contribution in [2.75, 3.05) is 32.6 Å². The fourth-order valence-corrected chi connectivity index (χ4v) is 3.34. The van der Waals surface area contributed by atoms with Gasteiger partial charge >= 0.3 is 5.97 Å². The standard InChI is InChI=1S/C22H25NO5S/c1-3-16-8-10-17(11-9-16)19(24)14-28-22(26)18-6-4-5-7-20(18)29-15-21(25)23-12-13-27-2/h4-11H,3,12-15H2,1-2H3,(H,23,25). The average molecular weight is 416 g/mol. The molecule has 2 aromatic carbocycles. The Morgan fingerprint density at radius 1 is 1.03 bits per heavy atom. The topological polar surface area (TPSA) is 81.7 Å². The first kappa shape index (κ1) is 22.6. The largest absolute Gasteiger partial charge is 0.454 e. The number of ketones is 1. The minimum Gasteiger partial charge on any atom is -0.454 e. The zero-order valence-corrected chi connectivity index (χ0v) is 17.4. The maximum absolute atomic E-state index is 12.5. The first-order valence-corrected chi connectivity index (χ1v) is 10.3. The van der Waals surface area contributed by atoms with Gasteiger partial charge in [-0.3, -0.25) is 9.59 Å². The molecule has 0 saturated carbocycles. The van der Waals surface area contributed by atoms with Crippen LogP contribution >= 0.6 is 11.8 Å². The van der Waals surface area contributed by atoms with Gasteiger partial charge in [0.2, 0.25) is 5.91 Å². The Kier molecular flexibility index (Phi) is 9.40. The molecule has 0 unspecified atom stereocenters. The molecule has 2 aromatic rings. The molecule has 0 saturated heterocycles. The Morgan fingerprint density at radius 2 is 1.76 bits per heavy atom. The number of rotatable bonds is 11. The second-order valence-corrected chi connectivity index (χ2v) is 7.19. The number of hydrogen-bond acceptors (Lipinski definition) is 6. The van der Waals surface area contributed by atoms with Crippen LogP contribution in [0.15, 0.2) is 53.4 Å². The van der Waals surface area contributed by atoms with Crippen molar-refractivity contribution < 1.29 is 23.9 Å². The van der Waals surface area contributed by atoms with Crippen molar-refractivity contribution in [3.63, 3.8) is 0 Å². The fraction of sp³-hybridized carbons (Fsp3) is 0.318. The van der Waals surface area contributed by atoms with E-state index in [2.05, 4.69) is 5.32 Å². The van der Waals surface area contributed by atoms with Gasteiger partial charge in [-0.05, 0) is 24.1 Å². The fourth-order valence-electron chi connectivity index (χ4n) is 2.47. The molecular formula is C22H25NO5S. The van der Waals surface area contributed by atoms with E-state index >= 15 is 0 Å². The normalized spacial score (nSPS) is 10.4. The van der Waals surface area contributed by atoms with Crippen LogP contribution in [0.2, 0.25) is 0 Å².